The molecular weight excluding hydrogens is 285 g/mol. The molecule has 8 heteroatoms. The molecule has 0 bridgehead atoms. The van der Waals surface area contributed by atoms with Crippen LogP contribution in [0.5, 0.6) is 0 Å². The maximum absolute atomic E-state index is 12.1. The van der Waals surface area contributed by atoms with E-state index in [9.17, 15) is 13.2 Å². The molecule has 1 aromatic rings. The quantitative estimate of drug-likeness (QED) is 0.626. The van der Waals surface area contributed by atoms with Crippen molar-refractivity contribution >= 4 is 5.96 Å². The summed E-state index contributed by atoms with van der Waals surface area (Å²) < 4.78 is 41.4. The van der Waals surface area contributed by atoms with Crippen molar-refractivity contribution in [2.24, 2.45) is 4.99 Å². The second-order valence-electron chi connectivity index (χ2n) is 4.86. The number of rotatable bonds is 6. The van der Waals surface area contributed by atoms with Gasteiger partial charge in [0.1, 0.15) is 6.54 Å². The fourth-order valence-corrected chi connectivity index (χ4v) is 1.50. The predicted octanol–water partition coefficient (Wildman–Crippen LogP) is 2.81. The first-order chi connectivity index (χ1) is 9.81. The largest absolute Gasteiger partial charge is 0.390 e. The number of guanidine groups is 1. The lowest BCUT2D eigenvalue weighted by atomic mass is 10.1. The molecule has 0 aliphatic rings. The van der Waals surface area contributed by atoms with E-state index in [1.807, 2.05) is 20.8 Å². The number of alkyl halides is 3. The Morgan fingerprint density at radius 2 is 2.10 bits per heavy atom. The highest BCUT2D eigenvalue weighted by molar-refractivity contribution is 5.79. The molecule has 1 heterocycles. The zero-order chi connectivity index (χ0) is 15.9. The Hall–Kier alpha value is -1.73. The molecule has 5 nitrogen and oxygen atoms in total. The number of aromatic nitrogens is 1. The van der Waals surface area contributed by atoms with Gasteiger partial charge in [-0.15, -0.1) is 0 Å². The number of aliphatic imine (C=N–C) groups is 1. The van der Waals surface area contributed by atoms with Gasteiger partial charge in [-0.2, -0.15) is 13.2 Å². The monoisotopic (exact) mass is 306 g/mol. The van der Waals surface area contributed by atoms with E-state index in [1.165, 1.54) is 0 Å². The number of halogens is 3. The fourth-order valence-electron chi connectivity index (χ4n) is 1.50. The summed E-state index contributed by atoms with van der Waals surface area (Å²) in [7, 11) is 0. The molecule has 0 saturated carbocycles. The molecule has 0 unspecified atom stereocenters. The lowest BCUT2D eigenvalue weighted by molar-refractivity contribution is -0.132. The highest BCUT2D eigenvalue weighted by Gasteiger charge is 2.26. The van der Waals surface area contributed by atoms with Crippen LogP contribution in [0.3, 0.4) is 0 Å². The lowest BCUT2D eigenvalue weighted by Gasteiger charge is -2.12. The van der Waals surface area contributed by atoms with Crippen molar-refractivity contribution in [2.45, 2.75) is 45.8 Å². The predicted molar refractivity (Wildman–Crippen MR) is 74.1 cm³/mol. The standard InChI is InChI=1S/C13H21F3N4O/c1-4-17-12(18-6-5-13(14,15)16)19-8-10-7-11(9(2)3)20-21-10/h7,9H,4-6,8H2,1-3H3,(H2,17,18,19). The first kappa shape index (κ1) is 17.3. The van der Waals surface area contributed by atoms with Crippen molar-refractivity contribution in [1.82, 2.24) is 15.8 Å². The van der Waals surface area contributed by atoms with Gasteiger partial charge in [-0.25, -0.2) is 4.99 Å². The van der Waals surface area contributed by atoms with Crippen LogP contribution >= 0.6 is 0 Å². The van der Waals surface area contributed by atoms with E-state index in [1.54, 1.807) is 6.07 Å². The molecule has 0 spiro atoms. The summed E-state index contributed by atoms with van der Waals surface area (Å²) in [5, 5.41) is 9.41. The maximum atomic E-state index is 12.1. The van der Waals surface area contributed by atoms with Crippen LogP contribution in [0.2, 0.25) is 0 Å². The number of hydrogen-bond acceptors (Lipinski definition) is 3. The van der Waals surface area contributed by atoms with E-state index in [2.05, 4.69) is 20.8 Å². The van der Waals surface area contributed by atoms with Crippen molar-refractivity contribution in [3.05, 3.63) is 17.5 Å². The molecule has 0 aliphatic carbocycles. The molecule has 0 amide bonds. The number of nitrogens with zero attached hydrogens (tertiary/aromatic N) is 2. The summed E-state index contributed by atoms with van der Waals surface area (Å²) in [5.41, 5.74) is 0.829. The van der Waals surface area contributed by atoms with Crippen molar-refractivity contribution in [3.8, 4) is 0 Å². The molecule has 0 saturated heterocycles. The summed E-state index contributed by atoms with van der Waals surface area (Å²) in [6.45, 7) is 6.39. The van der Waals surface area contributed by atoms with Crippen molar-refractivity contribution < 1.29 is 17.7 Å². The Morgan fingerprint density at radius 1 is 1.38 bits per heavy atom. The Kier molecular flexibility index (Phi) is 6.51. The van der Waals surface area contributed by atoms with Crippen LogP contribution in [-0.4, -0.2) is 30.4 Å². The Balaban J connectivity index is 2.54. The van der Waals surface area contributed by atoms with E-state index in [-0.39, 0.29) is 19.0 Å². The van der Waals surface area contributed by atoms with E-state index < -0.39 is 12.6 Å². The average molecular weight is 306 g/mol. The second-order valence-corrected chi connectivity index (χ2v) is 4.86. The van der Waals surface area contributed by atoms with Gasteiger partial charge in [0.25, 0.3) is 0 Å². The third-order valence-corrected chi connectivity index (χ3v) is 2.61. The van der Waals surface area contributed by atoms with Crippen molar-refractivity contribution in [2.75, 3.05) is 13.1 Å². The van der Waals surface area contributed by atoms with Crippen LogP contribution in [0.25, 0.3) is 0 Å². The van der Waals surface area contributed by atoms with Gasteiger partial charge in [0.05, 0.1) is 12.1 Å². The van der Waals surface area contributed by atoms with Crippen LogP contribution in [0.1, 0.15) is 44.6 Å². The zero-order valence-corrected chi connectivity index (χ0v) is 12.4. The van der Waals surface area contributed by atoms with E-state index in [4.69, 9.17) is 4.52 Å². The summed E-state index contributed by atoms with van der Waals surface area (Å²) >= 11 is 0. The van der Waals surface area contributed by atoms with Gasteiger partial charge in [0, 0.05) is 19.2 Å². The minimum atomic E-state index is -4.18. The molecule has 2 N–H and O–H groups in total. The molecule has 120 valence electrons. The van der Waals surface area contributed by atoms with Gasteiger partial charge >= 0.3 is 6.18 Å². The molecular formula is C13H21F3N4O. The van der Waals surface area contributed by atoms with Gasteiger partial charge < -0.3 is 15.2 Å². The molecule has 0 aromatic carbocycles. The van der Waals surface area contributed by atoms with E-state index in [0.29, 0.717) is 18.3 Å². The lowest BCUT2D eigenvalue weighted by Crippen LogP contribution is -2.38. The Morgan fingerprint density at radius 3 is 2.62 bits per heavy atom. The summed E-state index contributed by atoms with van der Waals surface area (Å²) in [4.78, 5) is 4.17. The van der Waals surface area contributed by atoms with Gasteiger partial charge in [0.2, 0.25) is 0 Å². The van der Waals surface area contributed by atoms with Crippen LogP contribution in [-0.2, 0) is 6.54 Å². The van der Waals surface area contributed by atoms with E-state index in [0.717, 1.165) is 5.69 Å². The van der Waals surface area contributed by atoms with Crippen LogP contribution in [0, 0.1) is 0 Å². The molecule has 0 fully saturated rings. The average Bonchev–Trinajstić information content (AvgIpc) is 2.83. The molecule has 1 rings (SSSR count). The Bertz CT molecular complexity index is 455. The van der Waals surface area contributed by atoms with Crippen LogP contribution in [0.4, 0.5) is 13.2 Å². The summed E-state index contributed by atoms with van der Waals surface area (Å²) in [6, 6.07) is 1.80. The van der Waals surface area contributed by atoms with Gasteiger partial charge in [-0.3, -0.25) is 0 Å². The molecule has 0 aliphatic heterocycles. The first-order valence-electron chi connectivity index (χ1n) is 6.86. The summed E-state index contributed by atoms with van der Waals surface area (Å²) in [6.07, 6.45) is -5.08. The molecule has 0 radical (unpaired) electrons. The third kappa shape index (κ3) is 7.01. The van der Waals surface area contributed by atoms with Gasteiger partial charge in [-0.05, 0) is 12.8 Å². The Labute approximate surface area is 122 Å². The van der Waals surface area contributed by atoms with Crippen molar-refractivity contribution in [3.63, 3.8) is 0 Å². The minimum Gasteiger partial charge on any atom is -0.359 e. The smallest absolute Gasteiger partial charge is 0.359 e. The highest BCUT2D eigenvalue weighted by Crippen LogP contribution is 2.18. The molecule has 21 heavy (non-hydrogen) atoms. The highest BCUT2D eigenvalue weighted by atomic mass is 19.4. The maximum Gasteiger partial charge on any atom is 0.390 e. The number of hydrogen-bond donors (Lipinski definition) is 2. The van der Waals surface area contributed by atoms with Crippen LogP contribution in [0.15, 0.2) is 15.6 Å². The van der Waals surface area contributed by atoms with E-state index >= 15 is 0 Å². The minimum absolute atomic E-state index is 0.219. The van der Waals surface area contributed by atoms with Crippen LogP contribution < -0.4 is 10.6 Å². The number of nitrogens with one attached hydrogen (secondary N) is 2. The van der Waals surface area contributed by atoms with Gasteiger partial charge in [-0.1, -0.05) is 19.0 Å². The second kappa shape index (κ2) is 7.90. The fraction of sp³-hybridized carbons (Fsp3) is 0.692. The topological polar surface area (TPSA) is 62.5 Å². The first-order valence-corrected chi connectivity index (χ1v) is 6.86. The normalized spacial score (nSPS) is 12.8. The van der Waals surface area contributed by atoms with Crippen molar-refractivity contribution in [1.29, 1.82) is 0 Å². The van der Waals surface area contributed by atoms with Gasteiger partial charge in [0.15, 0.2) is 11.7 Å². The third-order valence-electron chi connectivity index (χ3n) is 2.61. The molecule has 0 atom stereocenters. The zero-order valence-electron chi connectivity index (χ0n) is 12.4. The molecule has 1 aromatic heterocycles. The SMILES string of the molecule is CCNC(=NCc1cc(C(C)C)no1)NCCC(F)(F)F. The summed E-state index contributed by atoms with van der Waals surface area (Å²) in [5.74, 6) is 1.15.